The molecule has 0 spiro atoms. The minimum absolute atomic E-state index is 0.134. The molecule has 0 radical (unpaired) electrons. The van der Waals surface area contributed by atoms with Crippen LogP contribution in [0.4, 0.5) is 5.82 Å². The molecule has 0 unspecified atom stereocenters. The first-order chi connectivity index (χ1) is 15.4. The lowest BCUT2D eigenvalue weighted by Crippen LogP contribution is -2.30. The Labute approximate surface area is 188 Å². The Kier molecular flexibility index (Phi) is 5.26. The molecule has 1 saturated carbocycles. The molecule has 3 aromatic heterocycles. The number of ether oxygens (including phenoxy) is 2. The van der Waals surface area contributed by atoms with Crippen molar-refractivity contribution in [3.8, 4) is 11.3 Å². The van der Waals surface area contributed by atoms with Crippen molar-refractivity contribution in [2.45, 2.75) is 51.7 Å². The zero-order valence-electron chi connectivity index (χ0n) is 19.1. The SMILES string of the molecule is CO[C@@]1(c2cc(C)cc(-c3cn([C@H]4C[C@H](C)C4)c4cnc(NC(C)=O)cc34)n2)CCOC1. The van der Waals surface area contributed by atoms with Crippen LogP contribution in [-0.2, 0) is 19.9 Å². The standard InChI is InChI=1S/C25H30N4O3/c1-15-7-18(8-15)29-13-20(19-11-24(27-17(3)30)26-12-22(19)29)21-9-16(2)10-23(28-21)25(31-4)5-6-32-14-25/h9-13,15,18H,5-8,14H2,1-4H3,(H,26,27,30)/t15-,18-,25-/m0/s1. The number of anilines is 1. The van der Waals surface area contributed by atoms with E-state index >= 15 is 0 Å². The van der Waals surface area contributed by atoms with Crippen molar-refractivity contribution in [2.24, 2.45) is 5.92 Å². The van der Waals surface area contributed by atoms with Crippen molar-refractivity contribution in [2.75, 3.05) is 25.6 Å². The normalized spacial score (nSPS) is 25.1. The van der Waals surface area contributed by atoms with Crippen LogP contribution in [0.15, 0.2) is 30.6 Å². The summed E-state index contributed by atoms with van der Waals surface area (Å²) in [5, 5.41) is 3.86. The van der Waals surface area contributed by atoms with E-state index in [1.807, 2.05) is 12.3 Å². The van der Waals surface area contributed by atoms with E-state index in [0.717, 1.165) is 58.6 Å². The second-order valence-corrected chi connectivity index (χ2v) is 9.36. The number of nitrogens with one attached hydrogen (secondary N) is 1. The second kappa shape index (κ2) is 7.98. The van der Waals surface area contributed by atoms with Crippen molar-refractivity contribution in [3.05, 3.63) is 41.9 Å². The van der Waals surface area contributed by atoms with Crippen molar-refractivity contribution in [1.82, 2.24) is 14.5 Å². The summed E-state index contributed by atoms with van der Waals surface area (Å²) in [6.07, 6.45) is 7.18. The van der Waals surface area contributed by atoms with Gasteiger partial charge in [0.05, 0.1) is 29.7 Å². The largest absolute Gasteiger partial charge is 0.378 e. The molecule has 3 aromatic rings. The van der Waals surface area contributed by atoms with Crippen LogP contribution < -0.4 is 5.32 Å². The third-order valence-electron chi connectivity index (χ3n) is 6.85. The Balaban J connectivity index is 1.66. The number of pyridine rings is 2. The maximum atomic E-state index is 11.6. The molecular weight excluding hydrogens is 404 g/mol. The van der Waals surface area contributed by atoms with Gasteiger partial charge in [0.1, 0.15) is 11.4 Å². The number of fused-ring (bicyclic) bond motifs is 1. The fourth-order valence-electron chi connectivity index (χ4n) is 5.04. The van der Waals surface area contributed by atoms with Crippen LogP contribution >= 0.6 is 0 Å². The molecule has 7 nitrogen and oxygen atoms in total. The van der Waals surface area contributed by atoms with Crippen molar-refractivity contribution >= 4 is 22.6 Å². The molecule has 7 heteroatoms. The van der Waals surface area contributed by atoms with Gasteiger partial charge in [0.25, 0.3) is 0 Å². The Morgan fingerprint density at radius 1 is 1.31 bits per heavy atom. The number of carbonyl (C=O) groups is 1. The maximum absolute atomic E-state index is 11.6. The van der Waals surface area contributed by atoms with Gasteiger partial charge in [0, 0.05) is 50.2 Å². The highest BCUT2D eigenvalue weighted by Crippen LogP contribution is 2.43. The fraction of sp³-hybridized carbons (Fsp3) is 0.480. The predicted octanol–water partition coefficient (Wildman–Crippen LogP) is 4.60. The summed E-state index contributed by atoms with van der Waals surface area (Å²) in [6, 6.07) is 6.63. The summed E-state index contributed by atoms with van der Waals surface area (Å²) in [6.45, 7) is 7.06. The molecular formula is C25H30N4O3. The number of hydrogen-bond donors (Lipinski definition) is 1. The number of aromatic nitrogens is 3. The van der Waals surface area contributed by atoms with Crippen LogP contribution in [0.5, 0.6) is 0 Å². The molecule has 2 aliphatic rings. The molecule has 2 fully saturated rings. The van der Waals surface area contributed by atoms with Crippen molar-refractivity contribution < 1.29 is 14.3 Å². The number of carbonyl (C=O) groups excluding carboxylic acids is 1. The van der Waals surface area contributed by atoms with Crippen molar-refractivity contribution in [3.63, 3.8) is 0 Å². The van der Waals surface area contributed by atoms with E-state index < -0.39 is 5.60 Å². The molecule has 0 bridgehead atoms. The van der Waals surface area contributed by atoms with Gasteiger partial charge >= 0.3 is 0 Å². The number of amides is 1. The van der Waals surface area contributed by atoms with Gasteiger partial charge in [0.15, 0.2) is 0 Å². The highest BCUT2D eigenvalue weighted by atomic mass is 16.5. The van der Waals surface area contributed by atoms with E-state index in [0.29, 0.717) is 25.1 Å². The minimum Gasteiger partial charge on any atom is -0.378 e. The lowest BCUT2D eigenvalue weighted by Gasteiger charge is -2.34. The zero-order valence-corrected chi connectivity index (χ0v) is 19.1. The van der Waals surface area contributed by atoms with Gasteiger partial charge in [-0.2, -0.15) is 0 Å². The van der Waals surface area contributed by atoms with Gasteiger partial charge in [-0.15, -0.1) is 0 Å². The molecule has 1 amide bonds. The molecule has 0 aromatic carbocycles. The summed E-state index contributed by atoms with van der Waals surface area (Å²) in [5.41, 5.74) is 4.54. The van der Waals surface area contributed by atoms with Gasteiger partial charge in [0.2, 0.25) is 5.91 Å². The summed E-state index contributed by atoms with van der Waals surface area (Å²) in [5.74, 6) is 1.15. The minimum atomic E-state index is -0.508. The van der Waals surface area contributed by atoms with E-state index in [1.54, 1.807) is 7.11 Å². The monoisotopic (exact) mass is 434 g/mol. The van der Waals surface area contributed by atoms with Crippen LogP contribution in [0.3, 0.4) is 0 Å². The summed E-state index contributed by atoms with van der Waals surface area (Å²) >= 11 is 0. The van der Waals surface area contributed by atoms with Gasteiger partial charge < -0.3 is 19.4 Å². The van der Waals surface area contributed by atoms with Crippen LogP contribution in [0.25, 0.3) is 22.2 Å². The lowest BCUT2D eigenvalue weighted by molar-refractivity contribution is -0.114. The van der Waals surface area contributed by atoms with Crippen LogP contribution in [0, 0.1) is 12.8 Å². The van der Waals surface area contributed by atoms with E-state index in [1.165, 1.54) is 6.92 Å². The summed E-state index contributed by atoms with van der Waals surface area (Å²) in [4.78, 5) is 21.2. The third kappa shape index (κ3) is 3.59. The van der Waals surface area contributed by atoms with Gasteiger partial charge in [-0.3, -0.25) is 4.79 Å². The Hall–Kier alpha value is -2.77. The topological polar surface area (TPSA) is 78.3 Å². The molecule has 5 rings (SSSR count). The third-order valence-corrected chi connectivity index (χ3v) is 6.85. The van der Waals surface area contributed by atoms with E-state index in [4.69, 9.17) is 14.5 Å². The van der Waals surface area contributed by atoms with Gasteiger partial charge in [-0.1, -0.05) is 6.92 Å². The molecule has 1 atom stereocenters. The molecule has 1 saturated heterocycles. The van der Waals surface area contributed by atoms with E-state index in [-0.39, 0.29) is 5.91 Å². The number of rotatable bonds is 5. The quantitative estimate of drug-likeness (QED) is 0.635. The average molecular weight is 435 g/mol. The molecule has 1 N–H and O–H groups in total. The van der Waals surface area contributed by atoms with Crippen molar-refractivity contribution in [1.29, 1.82) is 0 Å². The first-order valence-electron chi connectivity index (χ1n) is 11.3. The Morgan fingerprint density at radius 2 is 2.12 bits per heavy atom. The number of hydrogen-bond acceptors (Lipinski definition) is 5. The first kappa shape index (κ1) is 21.1. The van der Waals surface area contributed by atoms with Crippen LogP contribution in [-0.4, -0.2) is 40.8 Å². The van der Waals surface area contributed by atoms with Gasteiger partial charge in [-0.05, 0) is 49.4 Å². The molecule has 168 valence electrons. The van der Waals surface area contributed by atoms with Crippen LogP contribution in [0.1, 0.15) is 50.4 Å². The smallest absolute Gasteiger partial charge is 0.222 e. The van der Waals surface area contributed by atoms with E-state index in [2.05, 4.69) is 47.0 Å². The number of nitrogens with zero attached hydrogens (tertiary/aromatic N) is 3. The molecule has 4 heterocycles. The first-order valence-corrected chi connectivity index (χ1v) is 11.3. The zero-order chi connectivity index (χ0) is 22.5. The predicted molar refractivity (Wildman–Crippen MR) is 124 cm³/mol. The van der Waals surface area contributed by atoms with Gasteiger partial charge in [-0.25, -0.2) is 9.97 Å². The Bertz CT molecular complexity index is 1170. The molecule has 1 aliphatic carbocycles. The highest BCUT2D eigenvalue weighted by molar-refractivity contribution is 5.98. The van der Waals surface area contributed by atoms with Crippen LogP contribution in [0.2, 0.25) is 0 Å². The summed E-state index contributed by atoms with van der Waals surface area (Å²) in [7, 11) is 1.73. The lowest BCUT2D eigenvalue weighted by atomic mass is 9.81. The maximum Gasteiger partial charge on any atom is 0.222 e. The average Bonchev–Trinajstić information content (AvgIpc) is 3.36. The molecule has 1 aliphatic heterocycles. The second-order valence-electron chi connectivity index (χ2n) is 9.36. The fourth-order valence-corrected chi connectivity index (χ4v) is 5.04. The Morgan fingerprint density at radius 3 is 2.78 bits per heavy atom. The highest BCUT2D eigenvalue weighted by Gasteiger charge is 2.39. The summed E-state index contributed by atoms with van der Waals surface area (Å²) < 4.78 is 13.9. The van der Waals surface area contributed by atoms with E-state index in [9.17, 15) is 4.79 Å². The molecule has 32 heavy (non-hydrogen) atoms. The number of methoxy groups -OCH3 is 1. The number of aryl methyl sites for hydroxylation is 1.